The molecule has 8 heteroatoms. The van der Waals surface area contributed by atoms with Crippen LogP contribution in [0.25, 0.3) is 11.4 Å². The molecule has 0 bridgehead atoms. The summed E-state index contributed by atoms with van der Waals surface area (Å²) in [5.74, 6) is 1.56. The van der Waals surface area contributed by atoms with Gasteiger partial charge in [0.25, 0.3) is 0 Å². The summed E-state index contributed by atoms with van der Waals surface area (Å²) in [6.07, 6.45) is 1.13. The Labute approximate surface area is 167 Å². The second kappa shape index (κ2) is 7.98. The van der Waals surface area contributed by atoms with E-state index in [1.165, 1.54) is 12.1 Å². The van der Waals surface area contributed by atoms with Crippen molar-refractivity contribution in [1.29, 1.82) is 0 Å². The van der Waals surface area contributed by atoms with Crippen molar-refractivity contribution in [2.24, 2.45) is 0 Å². The SMILES string of the molecule is Cc1ccc(OC(=O)N2CCC(c3nc(-c4cccc(F)c4)n[nH]3)CC2)c(C)n1. The van der Waals surface area contributed by atoms with Gasteiger partial charge in [0.1, 0.15) is 11.6 Å². The molecule has 7 nitrogen and oxygen atoms in total. The number of amides is 1. The van der Waals surface area contributed by atoms with Crippen LogP contribution in [0, 0.1) is 19.7 Å². The van der Waals surface area contributed by atoms with Crippen molar-refractivity contribution in [3.05, 3.63) is 59.4 Å². The second-order valence-corrected chi connectivity index (χ2v) is 7.22. The number of halogens is 1. The zero-order valence-electron chi connectivity index (χ0n) is 16.4. The minimum Gasteiger partial charge on any atom is -0.408 e. The average molecular weight is 395 g/mol. The maximum atomic E-state index is 13.4. The molecule has 3 heterocycles. The molecule has 29 heavy (non-hydrogen) atoms. The minimum atomic E-state index is -0.366. The predicted octanol–water partition coefficient (Wildman–Crippen LogP) is 4.00. The van der Waals surface area contributed by atoms with E-state index in [0.717, 1.165) is 24.4 Å². The van der Waals surface area contributed by atoms with Gasteiger partial charge in [-0.15, -0.1) is 0 Å². The number of hydrogen-bond acceptors (Lipinski definition) is 5. The topological polar surface area (TPSA) is 84.0 Å². The lowest BCUT2D eigenvalue weighted by Crippen LogP contribution is -2.39. The molecule has 0 spiro atoms. The maximum Gasteiger partial charge on any atom is 0.415 e. The number of nitrogens with zero attached hydrogens (tertiary/aromatic N) is 4. The van der Waals surface area contributed by atoms with E-state index in [1.54, 1.807) is 23.1 Å². The van der Waals surface area contributed by atoms with E-state index in [2.05, 4.69) is 20.2 Å². The molecule has 1 amide bonds. The molecule has 3 aromatic rings. The van der Waals surface area contributed by atoms with Crippen LogP contribution in [0.1, 0.15) is 36.0 Å². The highest BCUT2D eigenvalue weighted by molar-refractivity contribution is 5.71. The number of pyridine rings is 1. The first-order valence-corrected chi connectivity index (χ1v) is 9.59. The summed E-state index contributed by atoms with van der Waals surface area (Å²) in [4.78, 5) is 23.0. The first-order chi connectivity index (χ1) is 14.0. The number of likely N-dealkylation sites (tertiary alicyclic amines) is 1. The number of H-pyrrole nitrogens is 1. The fourth-order valence-corrected chi connectivity index (χ4v) is 3.49. The molecule has 2 aromatic heterocycles. The Balaban J connectivity index is 1.36. The number of carbonyl (C=O) groups is 1. The molecule has 1 aromatic carbocycles. The quantitative estimate of drug-likeness (QED) is 0.725. The number of benzene rings is 1. The van der Waals surface area contributed by atoms with Crippen molar-refractivity contribution in [2.45, 2.75) is 32.6 Å². The predicted molar refractivity (Wildman–Crippen MR) is 105 cm³/mol. The second-order valence-electron chi connectivity index (χ2n) is 7.22. The first-order valence-electron chi connectivity index (χ1n) is 9.59. The van der Waals surface area contributed by atoms with Gasteiger partial charge in [0.15, 0.2) is 11.6 Å². The Morgan fingerprint density at radius 3 is 2.69 bits per heavy atom. The summed E-state index contributed by atoms with van der Waals surface area (Å²) in [7, 11) is 0. The largest absolute Gasteiger partial charge is 0.415 e. The Hall–Kier alpha value is -3.29. The zero-order valence-corrected chi connectivity index (χ0v) is 16.4. The Morgan fingerprint density at radius 2 is 1.97 bits per heavy atom. The fourth-order valence-electron chi connectivity index (χ4n) is 3.49. The average Bonchev–Trinajstić information content (AvgIpc) is 3.20. The molecule has 0 saturated carbocycles. The van der Waals surface area contributed by atoms with E-state index < -0.39 is 0 Å². The number of ether oxygens (including phenoxy) is 1. The van der Waals surface area contributed by atoms with Crippen LogP contribution in [0.3, 0.4) is 0 Å². The normalized spacial score (nSPS) is 14.8. The van der Waals surface area contributed by atoms with Crippen molar-refractivity contribution >= 4 is 6.09 Å². The summed E-state index contributed by atoms with van der Waals surface area (Å²) in [6.45, 7) is 4.85. The number of aromatic amines is 1. The number of carbonyl (C=O) groups excluding carboxylic acids is 1. The van der Waals surface area contributed by atoms with Crippen LogP contribution in [0.5, 0.6) is 5.75 Å². The summed E-state index contributed by atoms with van der Waals surface area (Å²) < 4.78 is 18.9. The molecule has 150 valence electrons. The Morgan fingerprint density at radius 1 is 1.17 bits per heavy atom. The van der Waals surface area contributed by atoms with Crippen molar-refractivity contribution in [3.63, 3.8) is 0 Å². The van der Waals surface area contributed by atoms with Crippen LogP contribution in [0.15, 0.2) is 36.4 Å². The van der Waals surface area contributed by atoms with Gasteiger partial charge in [-0.2, -0.15) is 5.10 Å². The number of piperidine rings is 1. The molecular formula is C21H22FN5O2. The van der Waals surface area contributed by atoms with E-state index in [9.17, 15) is 9.18 Å². The fraction of sp³-hybridized carbons (Fsp3) is 0.333. The van der Waals surface area contributed by atoms with Crippen LogP contribution in [-0.2, 0) is 0 Å². The number of nitrogens with one attached hydrogen (secondary N) is 1. The molecular weight excluding hydrogens is 373 g/mol. The molecule has 0 unspecified atom stereocenters. The lowest BCUT2D eigenvalue weighted by Gasteiger charge is -2.30. The third-order valence-corrected chi connectivity index (χ3v) is 5.10. The van der Waals surface area contributed by atoms with Gasteiger partial charge in [-0.3, -0.25) is 10.1 Å². The van der Waals surface area contributed by atoms with Gasteiger partial charge in [0.2, 0.25) is 0 Å². The van der Waals surface area contributed by atoms with E-state index in [0.29, 0.717) is 35.9 Å². The molecule has 1 N–H and O–H groups in total. The molecule has 4 rings (SSSR count). The van der Waals surface area contributed by atoms with Gasteiger partial charge in [-0.25, -0.2) is 14.2 Å². The number of aryl methyl sites for hydroxylation is 2. The van der Waals surface area contributed by atoms with Gasteiger partial charge in [-0.1, -0.05) is 12.1 Å². The molecule has 0 radical (unpaired) electrons. The summed E-state index contributed by atoms with van der Waals surface area (Å²) in [6, 6.07) is 9.80. The maximum absolute atomic E-state index is 13.4. The van der Waals surface area contributed by atoms with Crippen molar-refractivity contribution in [1.82, 2.24) is 25.1 Å². The third kappa shape index (κ3) is 4.26. The molecule has 1 aliphatic heterocycles. The van der Waals surface area contributed by atoms with Crippen LogP contribution in [-0.4, -0.2) is 44.2 Å². The summed E-state index contributed by atoms with van der Waals surface area (Å²) in [5, 5.41) is 7.18. The Kier molecular flexibility index (Phi) is 5.24. The summed E-state index contributed by atoms with van der Waals surface area (Å²) >= 11 is 0. The highest BCUT2D eigenvalue weighted by atomic mass is 19.1. The lowest BCUT2D eigenvalue weighted by molar-refractivity contribution is 0.137. The smallest absolute Gasteiger partial charge is 0.408 e. The van der Waals surface area contributed by atoms with Crippen LogP contribution in [0.2, 0.25) is 0 Å². The minimum absolute atomic E-state index is 0.164. The first kappa shape index (κ1) is 19.0. The van der Waals surface area contributed by atoms with Gasteiger partial charge < -0.3 is 9.64 Å². The van der Waals surface area contributed by atoms with Crippen molar-refractivity contribution in [3.8, 4) is 17.1 Å². The van der Waals surface area contributed by atoms with Gasteiger partial charge in [-0.05, 0) is 51.0 Å². The van der Waals surface area contributed by atoms with Gasteiger partial charge >= 0.3 is 6.09 Å². The number of rotatable bonds is 3. The van der Waals surface area contributed by atoms with E-state index in [-0.39, 0.29) is 17.8 Å². The van der Waals surface area contributed by atoms with Crippen molar-refractivity contribution in [2.75, 3.05) is 13.1 Å². The molecule has 1 fully saturated rings. The molecule has 1 saturated heterocycles. The standard InChI is InChI=1S/C21H22FN5O2/c1-13-6-7-18(14(2)23-13)29-21(28)27-10-8-15(9-11-27)19-24-20(26-25-19)16-4-3-5-17(22)12-16/h3-7,12,15H,8-11H2,1-2H3,(H,24,25,26). The van der Waals surface area contributed by atoms with Gasteiger partial charge in [0, 0.05) is 30.3 Å². The van der Waals surface area contributed by atoms with E-state index >= 15 is 0 Å². The van der Waals surface area contributed by atoms with Crippen LogP contribution >= 0.6 is 0 Å². The monoisotopic (exact) mass is 395 g/mol. The van der Waals surface area contributed by atoms with Gasteiger partial charge in [0.05, 0.1) is 5.69 Å². The van der Waals surface area contributed by atoms with E-state index in [4.69, 9.17) is 4.74 Å². The summed E-state index contributed by atoms with van der Waals surface area (Å²) in [5.41, 5.74) is 2.21. The van der Waals surface area contributed by atoms with Crippen LogP contribution < -0.4 is 4.74 Å². The third-order valence-electron chi connectivity index (χ3n) is 5.10. The Bertz CT molecular complexity index is 1030. The highest BCUT2D eigenvalue weighted by Crippen LogP contribution is 2.28. The molecule has 0 atom stereocenters. The zero-order chi connectivity index (χ0) is 20.4. The number of hydrogen-bond donors (Lipinski definition) is 1. The van der Waals surface area contributed by atoms with Crippen LogP contribution in [0.4, 0.5) is 9.18 Å². The molecule has 0 aliphatic carbocycles. The van der Waals surface area contributed by atoms with E-state index in [1.807, 2.05) is 19.9 Å². The number of aromatic nitrogens is 4. The highest BCUT2D eigenvalue weighted by Gasteiger charge is 2.27. The molecule has 1 aliphatic rings. The lowest BCUT2D eigenvalue weighted by atomic mass is 9.96. The van der Waals surface area contributed by atoms with Crippen molar-refractivity contribution < 1.29 is 13.9 Å².